The molecule has 3 aromatic rings. The Kier molecular flexibility index (Phi) is 5.17. The minimum atomic E-state index is 0.00557. The number of aromatic nitrogens is 4. The molecule has 1 atom stereocenters. The van der Waals surface area contributed by atoms with E-state index in [1.54, 1.807) is 10.9 Å². The SMILES string of the molecule is CC(C)n1c([C@H]2CCCN(CC(=O)Nc3cnn(C)c3)C2)nc2ccccc21. The van der Waals surface area contributed by atoms with Crippen LogP contribution in [-0.2, 0) is 11.8 Å². The highest BCUT2D eigenvalue weighted by molar-refractivity contribution is 5.92. The number of fused-ring (bicyclic) bond motifs is 1. The third kappa shape index (κ3) is 3.80. The Bertz CT molecular complexity index is 972. The van der Waals surface area contributed by atoms with E-state index in [4.69, 9.17) is 4.98 Å². The van der Waals surface area contributed by atoms with Crippen molar-refractivity contribution in [2.75, 3.05) is 25.0 Å². The number of amides is 1. The summed E-state index contributed by atoms with van der Waals surface area (Å²) in [6.45, 7) is 6.61. The van der Waals surface area contributed by atoms with E-state index in [0.29, 0.717) is 18.5 Å². The van der Waals surface area contributed by atoms with Crippen LogP contribution < -0.4 is 5.32 Å². The number of piperidine rings is 1. The monoisotopic (exact) mass is 380 g/mol. The van der Waals surface area contributed by atoms with E-state index in [2.05, 4.69) is 51.9 Å². The molecule has 1 fully saturated rings. The van der Waals surface area contributed by atoms with Gasteiger partial charge < -0.3 is 9.88 Å². The van der Waals surface area contributed by atoms with Crippen molar-refractivity contribution in [3.63, 3.8) is 0 Å². The lowest BCUT2D eigenvalue weighted by atomic mass is 9.97. The highest BCUT2D eigenvalue weighted by Gasteiger charge is 2.27. The van der Waals surface area contributed by atoms with E-state index < -0.39 is 0 Å². The van der Waals surface area contributed by atoms with Crippen LogP contribution in [0.5, 0.6) is 0 Å². The Hall–Kier alpha value is -2.67. The number of rotatable bonds is 5. The van der Waals surface area contributed by atoms with Crippen molar-refractivity contribution in [2.24, 2.45) is 7.05 Å². The van der Waals surface area contributed by atoms with Gasteiger partial charge in [-0.05, 0) is 45.4 Å². The molecule has 1 saturated heterocycles. The lowest BCUT2D eigenvalue weighted by molar-refractivity contribution is -0.117. The van der Waals surface area contributed by atoms with Gasteiger partial charge in [-0.25, -0.2) is 4.98 Å². The predicted octanol–water partition coefficient (Wildman–Crippen LogP) is 3.17. The second-order valence-corrected chi connectivity index (χ2v) is 7.95. The molecule has 1 N–H and O–H groups in total. The average molecular weight is 380 g/mol. The van der Waals surface area contributed by atoms with Gasteiger partial charge in [-0.3, -0.25) is 14.4 Å². The molecule has 0 saturated carbocycles. The van der Waals surface area contributed by atoms with Crippen LogP contribution in [-0.4, -0.2) is 49.8 Å². The first-order valence-electron chi connectivity index (χ1n) is 9.99. The fraction of sp³-hybridized carbons (Fsp3) is 0.476. The first kappa shape index (κ1) is 18.7. The van der Waals surface area contributed by atoms with Crippen LogP contribution in [0.1, 0.15) is 44.5 Å². The number of imidazole rings is 1. The maximum atomic E-state index is 12.4. The largest absolute Gasteiger partial charge is 0.325 e. The summed E-state index contributed by atoms with van der Waals surface area (Å²) in [4.78, 5) is 19.6. The number of anilines is 1. The van der Waals surface area contributed by atoms with Gasteiger partial charge in [0.15, 0.2) is 0 Å². The number of likely N-dealkylation sites (tertiary alicyclic amines) is 1. The number of benzene rings is 1. The van der Waals surface area contributed by atoms with E-state index in [1.807, 2.05) is 19.3 Å². The molecule has 3 heterocycles. The van der Waals surface area contributed by atoms with Gasteiger partial charge in [0.25, 0.3) is 0 Å². The maximum Gasteiger partial charge on any atom is 0.238 e. The van der Waals surface area contributed by atoms with E-state index in [0.717, 1.165) is 43.0 Å². The Morgan fingerprint density at radius 2 is 2.14 bits per heavy atom. The fourth-order valence-corrected chi connectivity index (χ4v) is 4.19. The molecule has 2 aromatic heterocycles. The van der Waals surface area contributed by atoms with Gasteiger partial charge in [-0.2, -0.15) is 5.10 Å². The summed E-state index contributed by atoms with van der Waals surface area (Å²) in [6.07, 6.45) is 5.66. The van der Waals surface area contributed by atoms with E-state index in [1.165, 1.54) is 5.52 Å². The first-order chi connectivity index (χ1) is 13.5. The third-order valence-corrected chi connectivity index (χ3v) is 5.37. The van der Waals surface area contributed by atoms with Crippen molar-refractivity contribution in [1.82, 2.24) is 24.2 Å². The minimum absolute atomic E-state index is 0.00557. The lowest BCUT2D eigenvalue weighted by Crippen LogP contribution is -2.40. The van der Waals surface area contributed by atoms with E-state index >= 15 is 0 Å². The number of carbonyl (C=O) groups excluding carboxylic acids is 1. The van der Waals surface area contributed by atoms with Gasteiger partial charge in [-0.15, -0.1) is 0 Å². The highest BCUT2D eigenvalue weighted by atomic mass is 16.2. The van der Waals surface area contributed by atoms with Gasteiger partial charge in [0, 0.05) is 31.7 Å². The first-order valence-corrected chi connectivity index (χ1v) is 9.99. The topological polar surface area (TPSA) is 68.0 Å². The minimum Gasteiger partial charge on any atom is -0.325 e. The molecule has 1 aliphatic heterocycles. The smallest absolute Gasteiger partial charge is 0.238 e. The molecule has 28 heavy (non-hydrogen) atoms. The van der Waals surface area contributed by atoms with Crippen LogP contribution in [0.25, 0.3) is 11.0 Å². The fourth-order valence-electron chi connectivity index (χ4n) is 4.19. The molecule has 7 heteroatoms. The average Bonchev–Trinajstić information content (AvgIpc) is 3.25. The number of hydrogen-bond acceptors (Lipinski definition) is 4. The summed E-state index contributed by atoms with van der Waals surface area (Å²) >= 11 is 0. The summed E-state index contributed by atoms with van der Waals surface area (Å²) in [5.41, 5.74) is 2.99. The number of aryl methyl sites for hydroxylation is 1. The molecule has 4 rings (SSSR count). The Morgan fingerprint density at radius 1 is 1.32 bits per heavy atom. The molecule has 0 bridgehead atoms. The third-order valence-electron chi connectivity index (χ3n) is 5.37. The summed E-state index contributed by atoms with van der Waals surface area (Å²) in [7, 11) is 1.84. The Labute approximate surface area is 165 Å². The zero-order valence-electron chi connectivity index (χ0n) is 16.8. The highest BCUT2D eigenvalue weighted by Crippen LogP contribution is 2.31. The molecular weight excluding hydrogens is 352 g/mol. The molecular formula is C21H28N6O. The van der Waals surface area contributed by atoms with Crippen molar-refractivity contribution in [3.8, 4) is 0 Å². The lowest BCUT2D eigenvalue weighted by Gasteiger charge is -2.32. The van der Waals surface area contributed by atoms with Gasteiger partial charge in [0.2, 0.25) is 5.91 Å². The van der Waals surface area contributed by atoms with Crippen LogP contribution >= 0.6 is 0 Å². The molecule has 7 nitrogen and oxygen atoms in total. The van der Waals surface area contributed by atoms with Gasteiger partial charge in [-0.1, -0.05) is 12.1 Å². The van der Waals surface area contributed by atoms with Crippen LogP contribution in [0.2, 0.25) is 0 Å². The van der Waals surface area contributed by atoms with Crippen molar-refractivity contribution >= 4 is 22.6 Å². The van der Waals surface area contributed by atoms with Crippen LogP contribution in [0.4, 0.5) is 5.69 Å². The summed E-state index contributed by atoms with van der Waals surface area (Å²) in [5.74, 6) is 1.49. The predicted molar refractivity (Wildman–Crippen MR) is 110 cm³/mol. The summed E-state index contributed by atoms with van der Waals surface area (Å²) in [5, 5.41) is 7.02. The zero-order valence-corrected chi connectivity index (χ0v) is 16.8. The standard InChI is InChI=1S/C21H28N6O/c1-15(2)27-19-9-5-4-8-18(19)24-21(27)16-7-6-10-26(12-16)14-20(28)23-17-11-22-25(3)13-17/h4-5,8-9,11,13,15-16H,6-7,10,12,14H2,1-3H3,(H,23,28)/t16-/m0/s1. The summed E-state index contributed by atoms with van der Waals surface area (Å²) in [6, 6.07) is 8.70. The zero-order chi connectivity index (χ0) is 19.7. The molecule has 0 spiro atoms. The number of nitrogens with zero attached hydrogens (tertiary/aromatic N) is 5. The van der Waals surface area contributed by atoms with E-state index in [9.17, 15) is 4.79 Å². The Balaban J connectivity index is 1.49. The normalized spacial score (nSPS) is 18.1. The quantitative estimate of drug-likeness (QED) is 0.738. The van der Waals surface area contributed by atoms with E-state index in [-0.39, 0.29) is 5.91 Å². The number of nitrogens with one attached hydrogen (secondary N) is 1. The number of para-hydroxylation sites is 2. The van der Waals surface area contributed by atoms with Crippen molar-refractivity contribution in [3.05, 3.63) is 42.5 Å². The maximum absolute atomic E-state index is 12.4. The van der Waals surface area contributed by atoms with Crippen LogP contribution in [0.15, 0.2) is 36.7 Å². The van der Waals surface area contributed by atoms with Gasteiger partial charge >= 0.3 is 0 Å². The van der Waals surface area contributed by atoms with Crippen molar-refractivity contribution in [1.29, 1.82) is 0 Å². The molecule has 148 valence electrons. The molecule has 1 aromatic carbocycles. The van der Waals surface area contributed by atoms with Gasteiger partial charge in [0.05, 0.1) is 29.5 Å². The van der Waals surface area contributed by atoms with Crippen LogP contribution in [0, 0.1) is 0 Å². The second-order valence-electron chi connectivity index (χ2n) is 7.95. The molecule has 1 amide bonds. The van der Waals surface area contributed by atoms with Crippen LogP contribution in [0.3, 0.4) is 0 Å². The van der Waals surface area contributed by atoms with Crippen molar-refractivity contribution in [2.45, 2.75) is 38.6 Å². The number of hydrogen-bond donors (Lipinski definition) is 1. The molecule has 0 aliphatic carbocycles. The van der Waals surface area contributed by atoms with Crippen molar-refractivity contribution < 1.29 is 4.79 Å². The Morgan fingerprint density at radius 3 is 2.89 bits per heavy atom. The molecule has 0 unspecified atom stereocenters. The molecule has 0 radical (unpaired) electrons. The second kappa shape index (κ2) is 7.75. The summed E-state index contributed by atoms with van der Waals surface area (Å²) < 4.78 is 4.04. The van der Waals surface area contributed by atoms with Gasteiger partial charge in [0.1, 0.15) is 5.82 Å². The molecule has 1 aliphatic rings. The number of carbonyl (C=O) groups is 1.